The van der Waals surface area contributed by atoms with Gasteiger partial charge in [-0.15, -0.1) is 10.2 Å². The largest absolute Gasteiger partial charge is 0.478 e. The van der Waals surface area contributed by atoms with E-state index in [-0.39, 0.29) is 0 Å². The van der Waals surface area contributed by atoms with Crippen LogP contribution in [0, 0.1) is 5.92 Å². The second kappa shape index (κ2) is 7.40. The smallest absolute Gasteiger partial charge is 0.228 e. The molecule has 1 aliphatic rings. The third-order valence-corrected chi connectivity index (χ3v) is 5.35. The van der Waals surface area contributed by atoms with E-state index < -0.39 is 0 Å². The van der Waals surface area contributed by atoms with E-state index in [9.17, 15) is 0 Å². The molecule has 1 unspecified atom stereocenters. The van der Waals surface area contributed by atoms with Crippen molar-refractivity contribution in [2.24, 2.45) is 13.0 Å². The molecule has 1 atom stereocenters. The Morgan fingerprint density at radius 2 is 2.10 bits per heavy atom. The predicted molar refractivity (Wildman–Crippen MR) is 113 cm³/mol. The lowest BCUT2D eigenvalue weighted by molar-refractivity contribution is 0.290. The molecule has 0 fully saturated rings. The summed E-state index contributed by atoms with van der Waals surface area (Å²) in [5.41, 5.74) is 2.46. The Labute approximate surface area is 174 Å². The number of rotatable bonds is 5. The molecule has 0 aromatic carbocycles. The number of ether oxygens (including phenoxy) is 1. The maximum atomic E-state index is 6.10. The van der Waals surface area contributed by atoms with Gasteiger partial charge in [0.15, 0.2) is 5.65 Å². The van der Waals surface area contributed by atoms with Gasteiger partial charge in [0.2, 0.25) is 11.8 Å². The van der Waals surface area contributed by atoms with Gasteiger partial charge in [-0.05, 0) is 30.9 Å². The van der Waals surface area contributed by atoms with E-state index in [0.717, 1.165) is 47.3 Å². The minimum atomic E-state index is 0.348. The molecule has 4 aromatic rings. The molecule has 9 nitrogen and oxygen atoms in total. The Kier molecular flexibility index (Phi) is 4.57. The van der Waals surface area contributed by atoms with Gasteiger partial charge in [0.1, 0.15) is 11.6 Å². The van der Waals surface area contributed by atoms with Crippen molar-refractivity contribution in [2.75, 3.05) is 11.9 Å². The lowest BCUT2D eigenvalue weighted by Crippen LogP contribution is -2.07. The summed E-state index contributed by atoms with van der Waals surface area (Å²) >= 11 is 0. The molecular formula is C21H24N8O. The fourth-order valence-electron chi connectivity index (χ4n) is 3.94. The molecule has 30 heavy (non-hydrogen) atoms. The lowest BCUT2D eigenvalue weighted by Gasteiger charge is -2.14. The van der Waals surface area contributed by atoms with Gasteiger partial charge in [0, 0.05) is 36.9 Å². The highest BCUT2D eigenvalue weighted by molar-refractivity contribution is 5.67. The lowest BCUT2D eigenvalue weighted by atomic mass is 9.94. The molecule has 154 valence electrons. The van der Waals surface area contributed by atoms with E-state index in [4.69, 9.17) is 4.74 Å². The van der Waals surface area contributed by atoms with Crippen LogP contribution in [-0.4, -0.2) is 41.0 Å². The third kappa shape index (κ3) is 3.36. The van der Waals surface area contributed by atoms with Gasteiger partial charge in [0.25, 0.3) is 0 Å². The average Bonchev–Trinajstić information content (AvgIpc) is 3.28. The highest BCUT2D eigenvalue weighted by Gasteiger charge is 2.25. The number of nitrogens with zero attached hydrogens (tertiary/aromatic N) is 7. The highest BCUT2D eigenvalue weighted by atomic mass is 16.5. The van der Waals surface area contributed by atoms with Crippen LogP contribution in [0.25, 0.3) is 16.9 Å². The van der Waals surface area contributed by atoms with Crippen molar-refractivity contribution in [3.05, 3.63) is 42.5 Å². The van der Waals surface area contributed by atoms with Crippen LogP contribution in [0.5, 0.6) is 5.88 Å². The van der Waals surface area contributed by atoms with Gasteiger partial charge < -0.3 is 10.1 Å². The van der Waals surface area contributed by atoms with Crippen molar-refractivity contribution in [2.45, 2.75) is 32.6 Å². The molecule has 0 radical (unpaired) electrons. The Bertz CT molecular complexity index is 1190. The van der Waals surface area contributed by atoms with Gasteiger partial charge in [-0.2, -0.15) is 5.10 Å². The van der Waals surface area contributed by atoms with E-state index in [0.29, 0.717) is 24.4 Å². The summed E-state index contributed by atoms with van der Waals surface area (Å²) in [5.74, 6) is 4.00. The molecule has 5 rings (SSSR count). The zero-order valence-corrected chi connectivity index (χ0v) is 17.3. The van der Waals surface area contributed by atoms with Gasteiger partial charge in [-0.1, -0.05) is 13.8 Å². The van der Waals surface area contributed by atoms with Crippen LogP contribution in [0.2, 0.25) is 0 Å². The zero-order valence-electron chi connectivity index (χ0n) is 17.3. The first-order valence-corrected chi connectivity index (χ1v) is 10.2. The Morgan fingerprint density at radius 1 is 1.20 bits per heavy atom. The van der Waals surface area contributed by atoms with Crippen LogP contribution in [0.1, 0.15) is 38.4 Å². The second-order valence-electron chi connectivity index (χ2n) is 8.03. The predicted octanol–water partition coefficient (Wildman–Crippen LogP) is 3.58. The van der Waals surface area contributed by atoms with Gasteiger partial charge >= 0.3 is 0 Å². The van der Waals surface area contributed by atoms with Crippen molar-refractivity contribution in [1.82, 2.24) is 34.3 Å². The van der Waals surface area contributed by atoms with E-state index in [2.05, 4.69) is 44.4 Å². The third-order valence-electron chi connectivity index (χ3n) is 5.35. The second-order valence-corrected chi connectivity index (χ2v) is 8.03. The zero-order chi connectivity index (χ0) is 20.7. The van der Waals surface area contributed by atoms with Crippen molar-refractivity contribution >= 4 is 17.4 Å². The summed E-state index contributed by atoms with van der Waals surface area (Å²) in [4.78, 5) is 8.99. The number of aromatic nitrogens is 7. The van der Waals surface area contributed by atoms with E-state index >= 15 is 0 Å². The first kappa shape index (κ1) is 18.5. The fraction of sp³-hybridized carbons (Fsp3) is 0.381. The first-order valence-electron chi connectivity index (χ1n) is 10.2. The molecule has 0 amide bonds. The molecule has 1 N–H and O–H groups in total. The summed E-state index contributed by atoms with van der Waals surface area (Å²) in [6, 6.07) is 7.75. The molecule has 5 heterocycles. The topological polar surface area (TPSA) is 95.0 Å². The molecule has 0 saturated carbocycles. The van der Waals surface area contributed by atoms with Crippen LogP contribution in [0.3, 0.4) is 0 Å². The minimum absolute atomic E-state index is 0.348. The van der Waals surface area contributed by atoms with E-state index in [1.165, 1.54) is 0 Å². The number of anilines is 2. The number of hydrogen-bond donors (Lipinski definition) is 1. The summed E-state index contributed by atoms with van der Waals surface area (Å²) in [7, 11) is 1.86. The number of pyridine rings is 1. The van der Waals surface area contributed by atoms with Gasteiger partial charge in [-0.25, -0.2) is 14.4 Å². The molecular weight excluding hydrogens is 380 g/mol. The van der Waals surface area contributed by atoms with Crippen molar-refractivity contribution in [3.8, 4) is 17.1 Å². The number of aryl methyl sites for hydroxylation is 1. The standard InChI is InChI=1S/C21H24N8O/c1-13(2)10-14-6-9-30-19-12-15(11-18-26-27-20(14)29(18)19)16-4-7-22-21(24-16)25-17-5-8-23-28(17)3/h4-5,7-8,11-14H,6,9-10H2,1-3H3,(H,22,24,25). The summed E-state index contributed by atoms with van der Waals surface area (Å²) < 4.78 is 9.87. The maximum Gasteiger partial charge on any atom is 0.228 e. The SMILES string of the molecule is CC(C)CC1CCOc2cc(-c3ccnc(Nc4ccnn4C)n3)cc3nnc1n23. The monoisotopic (exact) mass is 404 g/mol. The Morgan fingerprint density at radius 3 is 2.90 bits per heavy atom. The van der Waals surface area contributed by atoms with Crippen LogP contribution < -0.4 is 10.1 Å². The summed E-state index contributed by atoms with van der Waals surface area (Å²) in [5, 5.41) is 16.3. The normalized spacial score (nSPS) is 15.9. The highest BCUT2D eigenvalue weighted by Crippen LogP contribution is 2.34. The molecule has 0 aliphatic carbocycles. The summed E-state index contributed by atoms with van der Waals surface area (Å²) in [6.45, 7) is 5.14. The summed E-state index contributed by atoms with van der Waals surface area (Å²) in [6.07, 6.45) is 5.47. The van der Waals surface area contributed by atoms with E-state index in [1.54, 1.807) is 17.1 Å². The quantitative estimate of drug-likeness (QED) is 0.543. The van der Waals surface area contributed by atoms with Gasteiger partial charge in [-0.3, -0.25) is 4.68 Å². The molecule has 9 heteroatoms. The van der Waals surface area contributed by atoms with Crippen molar-refractivity contribution < 1.29 is 4.74 Å². The van der Waals surface area contributed by atoms with E-state index in [1.807, 2.05) is 35.7 Å². The molecule has 0 bridgehead atoms. The number of nitrogens with one attached hydrogen (secondary N) is 1. The molecule has 0 saturated heterocycles. The van der Waals surface area contributed by atoms with Crippen LogP contribution in [0.4, 0.5) is 11.8 Å². The van der Waals surface area contributed by atoms with Gasteiger partial charge in [0.05, 0.1) is 18.5 Å². The molecule has 1 aliphatic heterocycles. The Balaban J connectivity index is 1.52. The van der Waals surface area contributed by atoms with Crippen LogP contribution in [0.15, 0.2) is 36.7 Å². The number of hydrogen-bond acceptors (Lipinski definition) is 7. The van der Waals surface area contributed by atoms with Crippen LogP contribution in [-0.2, 0) is 7.05 Å². The average molecular weight is 404 g/mol. The van der Waals surface area contributed by atoms with Crippen molar-refractivity contribution in [3.63, 3.8) is 0 Å². The maximum absolute atomic E-state index is 6.10. The van der Waals surface area contributed by atoms with Crippen molar-refractivity contribution in [1.29, 1.82) is 0 Å². The molecule has 0 spiro atoms. The molecule has 4 aromatic heterocycles. The van der Waals surface area contributed by atoms with Crippen LogP contribution >= 0.6 is 0 Å². The fourth-order valence-corrected chi connectivity index (χ4v) is 3.94. The minimum Gasteiger partial charge on any atom is -0.478 e. The first-order chi connectivity index (χ1) is 14.6. The Hall–Kier alpha value is -3.49.